The van der Waals surface area contributed by atoms with E-state index >= 15 is 0 Å². The highest BCUT2D eigenvalue weighted by Crippen LogP contribution is 2.32. The van der Waals surface area contributed by atoms with Crippen molar-refractivity contribution in [2.24, 2.45) is 0 Å². The number of benzene rings is 2. The molecule has 1 heterocycles. The Morgan fingerprint density at radius 3 is 2.77 bits per heavy atom. The number of amides is 2. The van der Waals surface area contributed by atoms with Crippen LogP contribution in [0.1, 0.15) is 5.56 Å². The first-order valence-electron chi connectivity index (χ1n) is 8.71. The number of thioether (sulfide) groups is 1. The molecule has 2 amide bonds. The Morgan fingerprint density at radius 2 is 2.03 bits per heavy atom. The van der Waals surface area contributed by atoms with Crippen LogP contribution in [-0.4, -0.2) is 34.2 Å². The van der Waals surface area contributed by atoms with Crippen molar-refractivity contribution in [3.05, 3.63) is 75.6 Å². The number of hydrogen-bond acceptors (Lipinski definition) is 5. The molecular formula is C21H16Cl2N2O3S2. The van der Waals surface area contributed by atoms with Gasteiger partial charge in [-0.15, -0.1) is 6.58 Å². The van der Waals surface area contributed by atoms with Gasteiger partial charge in [-0.1, -0.05) is 65.4 Å². The van der Waals surface area contributed by atoms with Crippen molar-refractivity contribution in [3.63, 3.8) is 0 Å². The lowest BCUT2D eigenvalue weighted by atomic mass is 10.2. The SMILES string of the molecule is C=CCN1C(=O)/C(=C/c2cccc(OCC(=O)Nc3ccc(Cl)c(Cl)c3)c2)SC1=S. The number of halogens is 2. The van der Waals surface area contributed by atoms with Crippen molar-refractivity contribution in [3.8, 4) is 5.75 Å². The number of nitrogens with zero attached hydrogens (tertiary/aromatic N) is 1. The van der Waals surface area contributed by atoms with Gasteiger partial charge in [-0.25, -0.2) is 0 Å². The first-order chi connectivity index (χ1) is 14.4. The maximum Gasteiger partial charge on any atom is 0.266 e. The van der Waals surface area contributed by atoms with Crippen LogP contribution in [0.2, 0.25) is 10.0 Å². The maximum atomic E-state index is 12.4. The van der Waals surface area contributed by atoms with E-state index in [9.17, 15) is 9.59 Å². The molecule has 3 rings (SSSR count). The lowest BCUT2D eigenvalue weighted by Gasteiger charge is -2.10. The van der Waals surface area contributed by atoms with Crippen molar-refractivity contribution < 1.29 is 14.3 Å². The average Bonchev–Trinajstić information content (AvgIpc) is 2.97. The normalized spacial score (nSPS) is 14.9. The zero-order valence-electron chi connectivity index (χ0n) is 15.6. The van der Waals surface area contributed by atoms with E-state index in [0.29, 0.717) is 37.3 Å². The third kappa shape index (κ3) is 5.64. The summed E-state index contributed by atoms with van der Waals surface area (Å²) in [6.07, 6.45) is 3.37. The maximum absolute atomic E-state index is 12.4. The highest BCUT2D eigenvalue weighted by Gasteiger charge is 2.30. The van der Waals surface area contributed by atoms with Gasteiger partial charge in [0.25, 0.3) is 11.8 Å². The summed E-state index contributed by atoms with van der Waals surface area (Å²) in [6, 6.07) is 11.9. The third-order valence-corrected chi connectivity index (χ3v) is 6.03. The molecule has 5 nitrogen and oxygen atoms in total. The smallest absolute Gasteiger partial charge is 0.266 e. The summed E-state index contributed by atoms with van der Waals surface area (Å²) in [4.78, 5) is 26.6. The van der Waals surface area contributed by atoms with E-state index in [0.717, 1.165) is 5.56 Å². The van der Waals surface area contributed by atoms with Gasteiger partial charge in [-0.3, -0.25) is 14.5 Å². The molecule has 0 spiro atoms. The number of nitrogens with one attached hydrogen (secondary N) is 1. The van der Waals surface area contributed by atoms with Crippen LogP contribution in [0.3, 0.4) is 0 Å². The molecule has 2 aromatic rings. The Bertz CT molecular complexity index is 1060. The summed E-state index contributed by atoms with van der Waals surface area (Å²) in [5, 5.41) is 3.44. The topological polar surface area (TPSA) is 58.6 Å². The standard InChI is InChI=1S/C21H16Cl2N2O3S2/c1-2-8-25-20(27)18(30-21(25)29)10-13-4-3-5-15(9-13)28-12-19(26)24-14-6-7-16(22)17(23)11-14/h2-7,9-11H,1,8,12H2,(H,24,26)/b18-10-. The number of rotatable bonds is 7. The minimum atomic E-state index is -0.343. The zero-order valence-corrected chi connectivity index (χ0v) is 18.7. The monoisotopic (exact) mass is 478 g/mol. The Balaban J connectivity index is 1.62. The van der Waals surface area contributed by atoms with Crippen LogP contribution in [0.15, 0.2) is 60.0 Å². The van der Waals surface area contributed by atoms with Crippen LogP contribution in [0.4, 0.5) is 5.69 Å². The number of ether oxygens (including phenoxy) is 1. The van der Waals surface area contributed by atoms with E-state index in [-0.39, 0.29) is 18.4 Å². The number of anilines is 1. The van der Waals surface area contributed by atoms with Gasteiger partial charge in [0, 0.05) is 12.2 Å². The fourth-order valence-electron chi connectivity index (χ4n) is 2.55. The highest BCUT2D eigenvalue weighted by atomic mass is 35.5. The Labute approximate surface area is 193 Å². The van der Waals surface area contributed by atoms with Crippen molar-refractivity contribution in [2.75, 3.05) is 18.5 Å². The van der Waals surface area contributed by atoms with Crippen molar-refractivity contribution in [1.29, 1.82) is 0 Å². The number of thiocarbonyl (C=S) groups is 1. The summed E-state index contributed by atoms with van der Waals surface area (Å²) in [5.74, 6) is -0.00378. The molecule has 1 aliphatic rings. The lowest BCUT2D eigenvalue weighted by Crippen LogP contribution is -2.27. The first kappa shape index (κ1) is 22.4. The second kappa shape index (κ2) is 10.1. The second-order valence-corrected chi connectivity index (χ2v) is 8.61. The number of carbonyl (C=O) groups is 2. The summed E-state index contributed by atoms with van der Waals surface area (Å²) >= 11 is 18.3. The molecule has 0 radical (unpaired) electrons. The van der Waals surface area contributed by atoms with E-state index in [2.05, 4.69) is 11.9 Å². The molecule has 2 aromatic carbocycles. The quantitative estimate of drug-likeness (QED) is 0.328. The summed E-state index contributed by atoms with van der Waals surface area (Å²) in [6.45, 7) is 3.82. The fraction of sp³-hybridized carbons (Fsp3) is 0.0952. The number of hydrogen-bond donors (Lipinski definition) is 1. The van der Waals surface area contributed by atoms with Gasteiger partial charge in [0.15, 0.2) is 6.61 Å². The van der Waals surface area contributed by atoms with Crippen molar-refractivity contribution >= 4 is 75.1 Å². The van der Waals surface area contributed by atoms with Crippen LogP contribution < -0.4 is 10.1 Å². The van der Waals surface area contributed by atoms with E-state index in [1.54, 1.807) is 48.6 Å². The summed E-state index contributed by atoms with van der Waals surface area (Å²) < 4.78 is 6.06. The first-order valence-corrected chi connectivity index (χ1v) is 10.7. The van der Waals surface area contributed by atoms with E-state index in [1.165, 1.54) is 16.7 Å². The van der Waals surface area contributed by atoms with Crippen LogP contribution in [0.5, 0.6) is 5.75 Å². The van der Waals surface area contributed by atoms with Crippen molar-refractivity contribution in [2.45, 2.75) is 0 Å². The predicted molar refractivity (Wildman–Crippen MR) is 127 cm³/mol. The third-order valence-electron chi connectivity index (χ3n) is 3.91. The van der Waals surface area contributed by atoms with Crippen LogP contribution in [-0.2, 0) is 9.59 Å². The molecule has 1 saturated heterocycles. The van der Waals surface area contributed by atoms with Gasteiger partial charge in [-0.05, 0) is 42.0 Å². The molecular weight excluding hydrogens is 463 g/mol. The lowest BCUT2D eigenvalue weighted by molar-refractivity contribution is -0.121. The molecule has 0 bridgehead atoms. The van der Waals surface area contributed by atoms with Gasteiger partial charge >= 0.3 is 0 Å². The van der Waals surface area contributed by atoms with Crippen LogP contribution in [0, 0.1) is 0 Å². The minimum Gasteiger partial charge on any atom is -0.484 e. The second-order valence-electron chi connectivity index (χ2n) is 6.12. The van der Waals surface area contributed by atoms with Gasteiger partial charge in [0.05, 0.1) is 15.0 Å². The molecule has 0 unspecified atom stereocenters. The summed E-state index contributed by atoms with van der Waals surface area (Å²) in [5.41, 5.74) is 1.28. The largest absolute Gasteiger partial charge is 0.484 e. The highest BCUT2D eigenvalue weighted by molar-refractivity contribution is 8.26. The molecule has 1 N–H and O–H groups in total. The molecule has 30 heavy (non-hydrogen) atoms. The fourth-order valence-corrected chi connectivity index (χ4v) is 4.12. The van der Waals surface area contributed by atoms with E-state index < -0.39 is 0 Å². The molecule has 0 aromatic heterocycles. The Morgan fingerprint density at radius 1 is 1.23 bits per heavy atom. The number of carbonyl (C=O) groups excluding carboxylic acids is 2. The molecule has 1 aliphatic heterocycles. The minimum absolute atomic E-state index is 0.155. The zero-order chi connectivity index (χ0) is 21.7. The molecule has 0 atom stereocenters. The average molecular weight is 479 g/mol. The molecule has 154 valence electrons. The Hall–Kier alpha value is -2.32. The van der Waals surface area contributed by atoms with E-state index in [1.807, 2.05) is 6.07 Å². The van der Waals surface area contributed by atoms with Gasteiger partial charge in [0.1, 0.15) is 10.1 Å². The molecule has 0 saturated carbocycles. The van der Waals surface area contributed by atoms with Crippen molar-refractivity contribution in [1.82, 2.24) is 4.90 Å². The Kier molecular flexibility index (Phi) is 7.55. The molecule has 0 aliphatic carbocycles. The van der Waals surface area contributed by atoms with Gasteiger partial charge < -0.3 is 10.1 Å². The van der Waals surface area contributed by atoms with Crippen LogP contribution >= 0.6 is 47.2 Å². The van der Waals surface area contributed by atoms with Gasteiger partial charge in [-0.2, -0.15) is 0 Å². The molecule has 1 fully saturated rings. The molecule has 9 heteroatoms. The predicted octanol–water partition coefficient (Wildman–Crippen LogP) is 5.40. The van der Waals surface area contributed by atoms with E-state index in [4.69, 9.17) is 40.2 Å². The summed E-state index contributed by atoms with van der Waals surface area (Å²) in [7, 11) is 0. The van der Waals surface area contributed by atoms with Crippen LogP contribution in [0.25, 0.3) is 6.08 Å². The van der Waals surface area contributed by atoms with Gasteiger partial charge in [0.2, 0.25) is 0 Å².